The van der Waals surface area contributed by atoms with E-state index in [1.165, 1.54) is 0 Å². The lowest BCUT2D eigenvalue weighted by atomic mass is 9.96. The first-order valence-corrected chi connectivity index (χ1v) is 4.80. The topological polar surface area (TPSA) is 29.5 Å². The van der Waals surface area contributed by atoms with E-state index in [4.69, 9.17) is 4.74 Å². The van der Waals surface area contributed by atoms with Crippen molar-refractivity contribution >= 4 is 0 Å². The van der Waals surface area contributed by atoms with Crippen LogP contribution in [0.1, 0.15) is 17.9 Å². The molecule has 2 rings (SSSR count). The monoisotopic (exact) mass is 190 g/mol. The van der Waals surface area contributed by atoms with E-state index in [1.807, 2.05) is 30.3 Å². The fourth-order valence-corrected chi connectivity index (χ4v) is 1.80. The van der Waals surface area contributed by atoms with Crippen LogP contribution in [0.2, 0.25) is 0 Å². The quantitative estimate of drug-likeness (QED) is 0.724. The van der Waals surface area contributed by atoms with Crippen molar-refractivity contribution in [1.29, 1.82) is 0 Å². The number of rotatable bonds is 2. The smallest absolute Gasteiger partial charge is 0.118 e. The minimum Gasteiger partial charge on any atom is -0.497 e. The molecule has 0 saturated heterocycles. The van der Waals surface area contributed by atoms with Gasteiger partial charge in [-0.25, -0.2) is 0 Å². The zero-order valence-electron chi connectivity index (χ0n) is 8.18. The maximum atomic E-state index is 9.68. The molecule has 0 saturated carbocycles. The van der Waals surface area contributed by atoms with Gasteiger partial charge in [0.2, 0.25) is 0 Å². The summed E-state index contributed by atoms with van der Waals surface area (Å²) in [5.74, 6) is 1.01. The van der Waals surface area contributed by atoms with Crippen LogP contribution in [-0.4, -0.2) is 18.3 Å². The zero-order valence-corrected chi connectivity index (χ0v) is 8.18. The molecule has 14 heavy (non-hydrogen) atoms. The first-order valence-electron chi connectivity index (χ1n) is 4.80. The molecule has 0 spiro atoms. The van der Waals surface area contributed by atoms with Gasteiger partial charge in [0, 0.05) is 5.92 Å². The molecule has 0 heterocycles. The fourth-order valence-electron chi connectivity index (χ4n) is 1.80. The third-order valence-electron chi connectivity index (χ3n) is 2.64. The van der Waals surface area contributed by atoms with Crippen molar-refractivity contribution in [1.82, 2.24) is 0 Å². The molecule has 1 aromatic carbocycles. The minimum absolute atomic E-state index is 0.154. The minimum atomic E-state index is -0.261. The van der Waals surface area contributed by atoms with Crippen LogP contribution in [0.5, 0.6) is 5.75 Å². The van der Waals surface area contributed by atoms with E-state index < -0.39 is 0 Å². The lowest BCUT2D eigenvalue weighted by Crippen LogP contribution is -2.11. The molecule has 2 nitrogen and oxygen atoms in total. The van der Waals surface area contributed by atoms with Crippen LogP contribution in [-0.2, 0) is 0 Å². The van der Waals surface area contributed by atoms with Crippen molar-refractivity contribution in [3.63, 3.8) is 0 Å². The van der Waals surface area contributed by atoms with Gasteiger partial charge in [0.1, 0.15) is 5.75 Å². The van der Waals surface area contributed by atoms with Gasteiger partial charge >= 0.3 is 0 Å². The molecule has 0 aliphatic heterocycles. The SMILES string of the molecule is COc1ccc([C@@H]2C=CC[C@@H]2O)cc1. The Hall–Kier alpha value is -1.28. The fraction of sp³-hybridized carbons (Fsp3) is 0.333. The van der Waals surface area contributed by atoms with Gasteiger partial charge in [0.15, 0.2) is 0 Å². The summed E-state index contributed by atoms with van der Waals surface area (Å²) < 4.78 is 5.08. The molecule has 1 aliphatic rings. The number of methoxy groups -OCH3 is 1. The second-order valence-corrected chi connectivity index (χ2v) is 3.53. The molecule has 0 unspecified atom stereocenters. The van der Waals surface area contributed by atoms with E-state index in [1.54, 1.807) is 7.11 Å². The summed E-state index contributed by atoms with van der Waals surface area (Å²) in [6, 6.07) is 7.85. The normalized spacial score (nSPS) is 25.3. The second kappa shape index (κ2) is 3.84. The Bertz CT molecular complexity index is 327. The van der Waals surface area contributed by atoms with Crippen molar-refractivity contribution in [3.05, 3.63) is 42.0 Å². The Morgan fingerprint density at radius 3 is 2.50 bits per heavy atom. The van der Waals surface area contributed by atoms with E-state index in [0.717, 1.165) is 17.7 Å². The predicted octanol–water partition coefficient (Wildman–Crippen LogP) is 2.10. The number of hydrogen-bond acceptors (Lipinski definition) is 2. The highest BCUT2D eigenvalue weighted by Gasteiger charge is 2.21. The van der Waals surface area contributed by atoms with Gasteiger partial charge in [-0.2, -0.15) is 0 Å². The first-order chi connectivity index (χ1) is 6.81. The zero-order chi connectivity index (χ0) is 9.97. The standard InChI is InChI=1S/C12H14O2/c1-14-10-7-5-9(6-8-10)11-3-2-4-12(11)13/h2-3,5-8,11-13H,4H2,1H3/t11-,12-/m0/s1. The number of aliphatic hydroxyl groups excluding tert-OH is 1. The average molecular weight is 190 g/mol. The van der Waals surface area contributed by atoms with Gasteiger partial charge in [0.05, 0.1) is 13.2 Å². The maximum absolute atomic E-state index is 9.68. The third-order valence-corrected chi connectivity index (χ3v) is 2.64. The van der Waals surface area contributed by atoms with E-state index in [0.29, 0.717) is 0 Å². The number of ether oxygens (including phenoxy) is 1. The Labute approximate surface area is 83.8 Å². The average Bonchev–Trinajstić information content (AvgIpc) is 2.65. The molecule has 0 aromatic heterocycles. The molecular weight excluding hydrogens is 176 g/mol. The summed E-state index contributed by atoms with van der Waals surface area (Å²) in [6.07, 6.45) is 4.59. The third kappa shape index (κ3) is 1.66. The maximum Gasteiger partial charge on any atom is 0.118 e. The number of hydrogen-bond donors (Lipinski definition) is 1. The Kier molecular flexibility index (Phi) is 2.55. The van der Waals surface area contributed by atoms with Crippen molar-refractivity contribution in [2.75, 3.05) is 7.11 Å². The Morgan fingerprint density at radius 1 is 1.29 bits per heavy atom. The van der Waals surface area contributed by atoms with Crippen LogP contribution in [0, 0.1) is 0 Å². The molecular formula is C12H14O2. The van der Waals surface area contributed by atoms with Crippen LogP contribution >= 0.6 is 0 Å². The van der Waals surface area contributed by atoms with Crippen LogP contribution in [0.3, 0.4) is 0 Å². The van der Waals surface area contributed by atoms with E-state index in [-0.39, 0.29) is 12.0 Å². The van der Waals surface area contributed by atoms with Crippen molar-refractivity contribution < 1.29 is 9.84 Å². The van der Waals surface area contributed by atoms with Gasteiger partial charge in [-0.3, -0.25) is 0 Å². The lowest BCUT2D eigenvalue weighted by Gasteiger charge is -2.14. The molecule has 0 fully saturated rings. The van der Waals surface area contributed by atoms with Gasteiger partial charge in [-0.1, -0.05) is 24.3 Å². The molecule has 2 heteroatoms. The van der Waals surface area contributed by atoms with Gasteiger partial charge in [-0.05, 0) is 24.1 Å². The van der Waals surface area contributed by atoms with Gasteiger partial charge in [-0.15, -0.1) is 0 Å². The summed E-state index contributed by atoms with van der Waals surface area (Å²) in [6.45, 7) is 0. The van der Waals surface area contributed by atoms with E-state index >= 15 is 0 Å². The molecule has 1 N–H and O–H groups in total. The molecule has 0 radical (unpaired) electrons. The summed E-state index contributed by atoms with van der Waals surface area (Å²) >= 11 is 0. The number of benzene rings is 1. The largest absolute Gasteiger partial charge is 0.497 e. The second-order valence-electron chi connectivity index (χ2n) is 3.53. The summed E-state index contributed by atoms with van der Waals surface area (Å²) in [5.41, 5.74) is 1.15. The van der Waals surface area contributed by atoms with Crippen molar-refractivity contribution in [3.8, 4) is 5.75 Å². The molecule has 74 valence electrons. The molecule has 0 amide bonds. The summed E-state index contributed by atoms with van der Waals surface area (Å²) in [4.78, 5) is 0. The number of aliphatic hydroxyl groups is 1. The molecule has 2 atom stereocenters. The van der Waals surface area contributed by atoms with Crippen LogP contribution < -0.4 is 4.74 Å². The lowest BCUT2D eigenvalue weighted by molar-refractivity contribution is 0.171. The molecule has 1 aromatic rings. The highest BCUT2D eigenvalue weighted by Crippen LogP contribution is 2.29. The predicted molar refractivity (Wildman–Crippen MR) is 55.5 cm³/mol. The highest BCUT2D eigenvalue weighted by atomic mass is 16.5. The Balaban J connectivity index is 2.20. The van der Waals surface area contributed by atoms with Gasteiger partial charge in [0.25, 0.3) is 0 Å². The summed E-state index contributed by atoms with van der Waals surface area (Å²) in [5, 5.41) is 9.68. The highest BCUT2D eigenvalue weighted by molar-refractivity contribution is 5.33. The van der Waals surface area contributed by atoms with Crippen molar-refractivity contribution in [2.24, 2.45) is 0 Å². The van der Waals surface area contributed by atoms with Gasteiger partial charge < -0.3 is 9.84 Å². The van der Waals surface area contributed by atoms with Crippen LogP contribution in [0.4, 0.5) is 0 Å². The first kappa shape index (κ1) is 9.28. The van der Waals surface area contributed by atoms with E-state index in [9.17, 15) is 5.11 Å². The molecule has 1 aliphatic carbocycles. The van der Waals surface area contributed by atoms with Crippen molar-refractivity contribution in [2.45, 2.75) is 18.4 Å². The van der Waals surface area contributed by atoms with Crippen LogP contribution in [0.15, 0.2) is 36.4 Å². The van der Waals surface area contributed by atoms with E-state index in [2.05, 4.69) is 6.08 Å². The molecule has 0 bridgehead atoms. The van der Waals surface area contributed by atoms with Crippen LogP contribution in [0.25, 0.3) is 0 Å². The summed E-state index contributed by atoms with van der Waals surface area (Å²) in [7, 11) is 1.65. The Morgan fingerprint density at radius 2 is 2.00 bits per heavy atom.